The molecule has 1 aliphatic rings. The predicted molar refractivity (Wildman–Crippen MR) is 132 cm³/mol. The number of hydrogen-bond donors (Lipinski definition) is 3. The van der Waals surface area contributed by atoms with Gasteiger partial charge in [-0.3, -0.25) is 0 Å². The maximum absolute atomic E-state index is 15.3. The van der Waals surface area contributed by atoms with Crippen LogP contribution in [0.5, 0.6) is 5.75 Å². The number of nitrogens with one attached hydrogen (secondary N) is 2. The van der Waals surface area contributed by atoms with Gasteiger partial charge in [0.1, 0.15) is 34.9 Å². The molecule has 0 radical (unpaired) electrons. The van der Waals surface area contributed by atoms with Crippen LogP contribution in [-0.2, 0) is 10.7 Å². The van der Waals surface area contributed by atoms with Gasteiger partial charge < -0.3 is 25.2 Å². The van der Waals surface area contributed by atoms with Crippen LogP contribution in [0.1, 0.15) is 50.2 Å². The number of aryl methyl sites for hydroxylation is 1. The quantitative estimate of drug-likeness (QED) is 0.383. The van der Waals surface area contributed by atoms with Crippen molar-refractivity contribution >= 4 is 22.4 Å². The number of anilines is 2. The normalized spacial score (nSPS) is 17.3. The van der Waals surface area contributed by atoms with E-state index in [2.05, 4.69) is 20.6 Å². The zero-order chi connectivity index (χ0) is 26.3. The number of benzene rings is 2. The molecule has 2 atom stereocenters. The van der Waals surface area contributed by atoms with Gasteiger partial charge in [0, 0.05) is 24.4 Å². The van der Waals surface area contributed by atoms with Crippen molar-refractivity contribution in [3.63, 3.8) is 0 Å². The van der Waals surface area contributed by atoms with Gasteiger partial charge in [-0.05, 0) is 45.9 Å². The molecule has 194 valence electrons. The van der Waals surface area contributed by atoms with Gasteiger partial charge in [-0.15, -0.1) is 0 Å². The first-order chi connectivity index (χ1) is 16.9. The maximum Gasteiger partial charge on any atom is 0.303 e. The molecule has 2 heterocycles. The van der Waals surface area contributed by atoms with Crippen molar-refractivity contribution < 1.29 is 27.8 Å². The Labute approximate surface area is 208 Å². The van der Waals surface area contributed by atoms with Gasteiger partial charge in [0.15, 0.2) is 0 Å². The van der Waals surface area contributed by atoms with Crippen LogP contribution in [0.25, 0.3) is 10.9 Å². The summed E-state index contributed by atoms with van der Waals surface area (Å²) in [6, 6.07) is 6.70. The van der Waals surface area contributed by atoms with Crippen LogP contribution in [0.4, 0.5) is 24.7 Å². The van der Waals surface area contributed by atoms with E-state index in [0.29, 0.717) is 41.5 Å². The summed E-state index contributed by atoms with van der Waals surface area (Å²) in [6.45, 7) is 6.43. The number of alkyl halides is 2. The second kappa shape index (κ2) is 9.74. The Morgan fingerprint density at radius 1 is 1.22 bits per heavy atom. The average molecular weight is 505 g/mol. The van der Waals surface area contributed by atoms with Crippen LogP contribution in [-0.4, -0.2) is 47.0 Å². The van der Waals surface area contributed by atoms with Gasteiger partial charge >= 0.3 is 5.92 Å². The van der Waals surface area contributed by atoms with Gasteiger partial charge in [-0.1, -0.05) is 12.1 Å². The number of halogens is 3. The zero-order valence-electron chi connectivity index (χ0n) is 21.0. The Morgan fingerprint density at radius 2 is 1.97 bits per heavy atom. The molecule has 3 N–H and O–H groups in total. The lowest BCUT2D eigenvalue weighted by molar-refractivity contribution is -0.170. The molecular formula is C26H31F3N4O3. The summed E-state index contributed by atoms with van der Waals surface area (Å²) in [7, 11) is 1.79. The standard InChI is InChI=1S/C26H31F3N4O3/c1-14(17-7-6-8-19(23(17)27)26(28,29)25(3,4)34)31-24-18-11-22(36-16-9-10-35-13-16)21(30-5)12-20(18)32-15(2)33-24/h6-8,11-12,14,16,30,34H,9-10,13H2,1-5H3,(H,31,32,33)/t14-,16?/m1/s1. The van der Waals surface area contributed by atoms with Crippen molar-refractivity contribution in [1.82, 2.24) is 9.97 Å². The molecule has 0 bridgehead atoms. The van der Waals surface area contributed by atoms with E-state index in [-0.39, 0.29) is 11.7 Å². The molecule has 4 rings (SSSR count). The fourth-order valence-corrected chi connectivity index (χ4v) is 4.20. The third kappa shape index (κ3) is 4.92. The number of ether oxygens (including phenoxy) is 2. The van der Waals surface area contributed by atoms with Gasteiger partial charge in [0.05, 0.1) is 36.0 Å². The summed E-state index contributed by atoms with van der Waals surface area (Å²) in [5.41, 5.74) is -1.89. The minimum atomic E-state index is -3.79. The summed E-state index contributed by atoms with van der Waals surface area (Å²) in [4.78, 5) is 9.02. The van der Waals surface area contributed by atoms with Crippen molar-refractivity contribution in [2.45, 2.75) is 57.8 Å². The number of aromatic nitrogens is 2. The van der Waals surface area contributed by atoms with E-state index in [1.165, 1.54) is 12.1 Å². The summed E-state index contributed by atoms with van der Waals surface area (Å²) in [5, 5.41) is 16.9. The Bertz CT molecular complexity index is 1260. The number of rotatable bonds is 8. The highest BCUT2D eigenvalue weighted by Gasteiger charge is 2.49. The van der Waals surface area contributed by atoms with Gasteiger partial charge in [-0.2, -0.15) is 8.78 Å². The Kier molecular flexibility index (Phi) is 7.03. The van der Waals surface area contributed by atoms with Crippen molar-refractivity contribution in [2.75, 3.05) is 30.9 Å². The fourth-order valence-electron chi connectivity index (χ4n) is 4.20. The molecule has 36 heavy (non-hydrogen) atoms. The van der Waals surface area contributed by atoms with Crippen LogP contribution in [0, 0.1) is 12.7 Å². The first-order valence-corrected chi connectivity index (χ1v) is 11.8. The molecule has 3 aromatic rings. The lowest BCUT2D eigenvalue weighted by atomic mass is 9.91. The van der Waals surface area contributed by atoms with Gasteiger partial charge in [0.2, 0.25) is 0 Å². The summed E-state index contributed by atoms with van der Waals surface area (Å²) >= 11 is 0. The van der Waals surface area contributed by atoms with Crippen LogP contribution in [0.2, 0.25) is 0 Å². The third-order valence-corrected chi connectivity index (χ3v) is 6.31. The lowest BCUT2D eigenvalue weighted by Crippen LogP contribution is -2.41. The van der Waals surface area contributed by atoms with Gasteiger partial charge in [0.25, 0.3) is 0 Å². The molecule has 7 nitrogen and oxygen atoms in total. The number of hydrogen-bond acceptors (Lipinski definition) is 7. The largest absolute Gasteiger partial charge is 0.486 e. The first-order valence-electron chi connectivity index (χ1n) is 11.8. The monoisotopic (exact) mass is 504 g/mol. The van der Waals surface area contributed by atoms with Crippen molar-refractivity contribution in [2.24, 2.45) is 0 Å². The minimum Gasteiger partial charge on any atom is -0.486 e. The summed E-state index contributed by atoms with van der Waals surface area (Å²) in [6.07, 6.45) is 0.698. The van der Waals surface area contributed by atoms with Crippen LogP contribution < -0.4 is 15.4 Å². The summed E-state index contributed by atoms with van der Waals surface area (Å²) < 4.78 is 56.4. The first kappa shape index (κ1) is 26.0. The second-order valence-corrected chi connectivity index (χ2v) is 9.55. The van der Waals surface area contributed by atoms with Crippen LogP contribution in [0.15, 0.2) is 30.3 Å². The Balaban J connectivity index is 1.72. The molecule has 0 spiro atoms. The predicted octanol–water partition coefficient (Wildman–Crippen LogP) is 5.32. The molecule has 0 aliphatic carbocycles. The van der Waals surface area contributed by atoms with Crippen LogP contribution >= 0.6 is 0 Å². The molecule has 1 aromatic heterocycles. The highest BCUT2D eigenvalue weighted by atomic mass is 19.3. The molecule has 1 aliphatic heterocycles. The SMILES string of the molecule is CNc1cc2nc(C)nc(N[C@H](C)c3cccc(C(F)(F)C(C)(C)O)c3F)c2cc1OC1CCOC1. The smallest absolute Gasteiger partial charge is 0.303 e. The van der Waals surface area contributed by atoms with E-state index in [9.17, 15) is 13.9 Å². The van der Waals surface area contributed by atoms with E-state index >= 15 is 4.39 Å². The highest BCUT2D eigenvalue weighted by molar-refractivity contribution is 5.93. The Morgan fingerprint density at radius 3 is 2.61 bits per heavy atom. The Hall–Kier alpha value is -3.11. The van der Waals surface area contributed by atoms with Gasteiger partial charge in [-0.25, -0.2) is 14.4 Å². The molecule has 1 saturated heterocycles. The van der Waals surface area contributed by atoms with Crippen LogP contribution in [0.3, 0.4) is 0 Å². The maximum atomic E-state index is 15.3. The van der Waals surface area contributed by atoms with Crippen molar-refractivity contribution in [1.29, 1.82) is 0 Å². The van der Waals surface area contributed by atoms with Crippen molar-refractivity contribution in [3.05, 3.63) is 53.1 Å². The minimum absolute atomic E-state index is 0.0206. The van der Waals surface area contributed by atoms with E-state index in [1.54, 1.807) is 20.9 Å². The molecule has 0 saturated carbocycles. The zero-order valence-corrected chi connectivity index (χ0v) is 21.0. The molecule has 1 fully saturated rings. The summed E-state index contributed by atoms with van der Waals surface area (Å²) in [5.74, 6) is -3.37. The molecular weight excluding hydrogens is 473 g/mol. The highest BCUT2D eigenvalue weighted by Crippen LogP contribution is 2.41. The molecule has 2 aromatic carbocycles. The molecule has 0 amide bonds. The number of nitrogens with zero attached hydrogens (tertiary/aromatic N) is 2. The van der Waals surface area contributed by atoms with E-state index < -0.39 is 28.9 Å². The number of fused-ring (bicyclic) bond motifs is 1. The van der Waals surface area contributed by atoms with E-state index in [1.807, 2.05) is 12.1 Å². The molecule has 1 unspecified atom stereocenters. The average Bonchev–Trinajstić information content (AvgIpc) is 3.31. The lowest BCUT2D eigenvalue weighted by Gasteiger charge is -2.30. The molecule has 10 heteroatoms. The second-order valence-electron chi connectivity index (χ2n) is 9.55. The third-order valence-electron chi connectivity index (χ3n) is 6.31. The fraction of sp³-hybridized carbons (Fsp3) is 0.462. The number of aliphatic hydroxyl groups is 1. The van der Waals surface area contributed by atoms with Crippen molar-refractivity contribution in [3.8, 4) is 5.75 Å². The topological polar surface area (TPSA) is 88.5 Å². The van der Waals surface area contributed by atoms with E-state index in [4.69, 9.17) is 9.47 Å². The van der Waals surface area contributed by atoms with E-state index in [0.717, 1.165) is 32.0 Å².